The number of methoxy groups -OCH3 is 1. The van der Waals surface area contributed by atoms with Crippen LogP contribution in [0, 0.1) is 0 Å². The van der Waals surface area contributed by atoms with Crippen LogP contribution in [0.2, 0.25) is 0 Å². The molecule has 1 rings (SSSR count). The molecule has 0 aliphatic carbocycles. The van der Waals surface area contributed by atoms with E-state index in [0.29, 0.717) is 11.7 Å². The molecular weight excluding hydrogens is 320 g/mol. The molecule has 1 unspecified atom stereocenters. The molecule has 0 bridgehead atoms. The third-order valence-electron chi connectivity index (χ3n) is 2.08. The first kappa shape index (κ1) is 14.9. The van der Waals surface area contributed by atoms with E-state index in [-0.39, 0.29) is 6.04 Å². The van der Waals surface area contributed by atoms with Crippen molar-refractivity contribution in [1.29, 1.82) is 0 Å². The van der Waals surface area contributed by atoms with Crippen LogP contribution in [0.5, 0.6) is 0 Å². The van der Waals surface area contributed by atoms with Crippen LogP contribution in [-0.2, 0) is 11.2 Å². The summed E-state index contributed by atoms with van der Waals surface area (Å²) in [6, 6.07) is 4.42. The van der Waals surface area contributed by atoms with Crippen molar-refractivity contribution in [3.63, 3.8) is 0 Å². The highest BCUT2D eigenvalue weighted by Crippen LogP contribution is 2.21. The predicted octanol–water partition coefficient (Wildman–Crippen LogP) is 2.55. The minimum atomic E-state index is 0.232. The lowest BCUT2D eigenvalue weighted by Gasteiger charge is -2.15. The largest absolute Gasteiger partial charge is 0.383 e. The molecule has 1 atom stereocenters. The Hall–Kier alpha value is -0.170. The molecule has 0 aromatic carbocycles. The Morgan fingerprint density at radius 1 is 1.59 bits per heavy atom. The van der Waals surface area contributed by atoms with Gasteiger partial charge < -0.3 is 15.4 Å². The maximum absolute atomic E-state index is 5.18. The quantitative estimate of drug-likeness (QED) is 0.782. The molecule has 1 heterocycles. The lowest BCUT2D eigenvalue weighted by Crippen LogP contribution is -2.42. The second kappa shape index (κ2) is 8.02. The van der Waals surface area contributed by atoms with Crippen molar-refractivity contribution in [3.8, 4) is 0 Å². The van der Waals surface area contributed by atoms with Gasteiger partial charge in [0.15, 0.2) is 5.11 Å². The Morgan fingerprint density at radius 3 is 2.94 bits per heavy atom. The number of thiocarbonyl (C=S) groups is 1. The van der Waals surface area contributed by atoms with Crippen LogP contribution in [-0.4, -0.2) is 31.4 Å². The Balaban J connectivity index is 2.16. The molecule has 1 aromatic heterocycles. The summed E-state index contributed by atoms with van der Waals surface area (Å²) in [5, 5.41) is 7.03. The Kier molecular flexibility index (Phi) is 7.03. The second-order valence-electron chi connectivity index (χ2n) is 3.71. The summed E-state index contributed by atoms with van der Waals surface area (Å²) < 4.78 is 6.20. The zero-order chi connectivity index (χ0) is 12.7. The highest BCUT2D eigenvalue weighted by atomic mass is 79.9. The fourth-order valence-corrected chi connectivity index (χ4v) is 3.14. The number of hydrogen-bond acceptors (Lipinski definition) is 3. The van der Waals surface area contributed by atoms with Crippen LogP contribution in [0.1, 0.15) is 11.8 Å². The zero-order valence-electron chi connectivity index (χ0n) is 9.96. The van der Waals surface area contributed by atoms with Crippen molar-refractivity contribution in [1.82, 2.24) is 10.6 Å². The van der Waals surface area contributed by atoms with Gasteiger partial charge in [-0.2, -0.15) is 0 Å². The van der Waals surface area contributed by atoms with Crippen LogP contribution < -0.4 is 10.6 Å². The van der Waals surface area contributed by atoms with Gasteiger partial charge in [0, 0.05) is 24.6 Å². The summed E-state index contributed by atoms with van der Waals surface area (Å²) in [5.41, 5.74) is 0. The molecule has 6 heteroatoms. The number of hydrogen-bond donors (Lipinski definition) is 2. The van der Waals surface area contributed by atoms with Gasteiger partial charge in [-0.05, 0) is 53.6 Å². The van der Waals surface area contributed by atoms with E-state index in [1.807, 2.05) is 6.92 Å². The van der Waals surface area contributed by atoms with E-state index in [2.05, 4.69) is 38.7 Å². The highest BCUT2D eigenvalue weighted by Gasteiger charge is 2.03. The first-order valence-electron chi connectivity index (χ1n) is 5.39. The van der Waals surface area contributed by atoms with Gasteiger partial charge in [-0.1, -0.05) is 0 Å². The molecule has 2 N–H and O–H groups in total. The van der Waals surface area contributed by atoms with E-state index in [1.54, 1.807) is 18.4 Å². The van der Waals surface area contributed by atoms with E-state index in [9.17, 15) is 0 Å². The summed E-state index contributed by atoms with van der Waals surface area (Å²) >= 11 is 10.4. The highest BCUT2D eigenvalue weighted by molar-refractivity contribution is 9.11. The van der Waals surface area contributed by atoms with Crippen molar-refractivity contribution >= 4 is 44.6 Å². The predicted molar refractivity (Wildman–Crippen MR) is 80.8 cm³/mol. The van der Waals surface area contributed by atoms with Crippen molar-refractivity contribution in [2.24, 2.45) is 0 Å². The van der Waals surface area contributed by atoms with E-state index in [0.717, 1.165) is 13.0 Å². The van der Waals surface area contributed by atoms with Crippen LogP contribution in [0.25, 0.3) is 0 Å². The van der Waals surface area contributed by atoms with Gasteiger partial charge in [0.2, 0.25) is 0 Å². The molecule has 0 radical (unpaired) electrons. The lowest BCUT2D eigenvalue weighted by molar-refractivity contribution is 0.179. The van der Waals surface area contributed by atoms with Gasteiger partial charge in [0.1, 0.15) is 0 Å². The third kappa shape index (κ3) is 6.35. The smallest absolute Gasteiger partial charge is 0.166 e. The first-order valence-corrected chi connectivity index (χ1v) is 7.41. The molecule has 1 aromatic rings. The van der Waals surface area contributed by atoms with Gasteiger partial charge >= 0.3 is 0 Å². The van der Waals surface area contributed by atoms with Crippen LogP contribution in [0.15, 0.2) is 15.9 Å². The van der Waals surface area contributed by atoms with Gasteiger partial charge in [-0.15, -0.1) is 11.3 Å². The first-order chi connectivity index (χ1) is 8.11. The van der Waals surface area contributed by atoms with Crippen LogP contribution in [0.3, 0.4) is 0 Å². The van der Waals surface area contributed by atoms with Crippen LogP contribution >= 0.6 is 39.5 Å². The fourth-order valence-electron chi connectivity index (χ4n) is 1.35. The molecule has 0 amide bonds. The monoisotopic (exact) mass is 336 g/mol. The standard InChI is InChI=1S/C11H17BrN2OS2/c1-8(7-15-2)14-11(16)13-6-5-9-3-4-10(12)17-9/h3-4,8H,5-7H2,1-2H3,(H2,13,14,16). The molecule has 0 aliphatic heterocycles. The van der Waals surface area contributed by atoms with Gasteiger partial charge in [-0.3, -0.25) is 0 Å². The molecule has 0 aliphatic rings. The van der Waals surface area contributed by atoms with Crippen molar-refractivity contribution in [3.05, 3.63) is 20.8 Å². The summed E-state index contributed by atoms with van der Waals surface area (Å²) in [5.74, 6) is 0. The van der Waals surface area contributed by atoms with E-state index >= 15 is 0 Å². The van der Waals surface area contributed by atoms with Crippen molar-refractivity contribution in [2.45, 2.75) is 19.4 Å². The molecular formula is C11H17BrN2OS2. The molecule has 0 saturated carbocycles. The van der Waals surface area contributed by atoms with Gasteiger partial charge in [0.25, 0.3) is 0 Å². The maximum Gasteiger partial charge on any atom is 0.166 e. The Labute approximate surface area is 120 Å². The van der Waals surface area contributed by atoms with E-state index in [4.69, 9.17) is 17.0 Å². The minimum absolute atomic E-state index is 0.232. The molecule has 0 spiro atoms. The SMILES string of the molecule is COCC(C)NC(=S)NCCc1ccc(Br)s1. The van der Waals surface area contributed by atoms with Gasteiger partial charge in [-0.25, -0.2) is 0 Å². The molecule has 17 heavy (non-hydrogen) atoms. The average Bonchev–Trinajstić information content (AvgIpc) is 2.64. The number of thiophene rings is 1. The minimum Gasteiger partial charge on any atom is -0.383 e. The molecule has 0 fully saturated rings. The summed E-state index contributed by atoms with van der Waals surface area (Å²) in [7, 11) is 1.68. The zero-order valence-corrected chi connectivity index (χ0v) is 13.2. The average molecular weight is 337 g/mol. The van der Waals surface area contributed by atoms with Crippen molar-refractivity contribution < 1.29 is 4.74 Å². The third-order valence-corrected chi connectivity index (χ3v) is 4.03. The topological polar surface area (TPSA) is 33.3 Å². The molecule has 3 nitrogen and oxygen atoms in total. The maximum atomic E-state index is 5.18. The van der Waals surface area contributed by atoms with E-state index in [1.165, 1.54) is 8.66 Å². The van der Waals surface area contributed by atoms with E-state index < -0.39 is 0 Å². The number of nitrogens with one attached hydrogen (secondary N) is 2. The number of ether oxygens (including phenoxy) is 1. The Morgan fingerprint density at radius 2 is 2.35 bits per heavy atom. The molecule has 96 valence electrons. The fraction of sp³-hybridized carbons (Fsp3) is 0.545. The normalized spacial score (nSPS) is 12.2. The summed E-state index contributed by atoms with van der Waals surface area (Å²) in [6.07, 6.45) is 0.983. The van der Waals surface area contributed by atoms with Crippen molar-refractivity contribution in [2.75, 3.05) is 20.3 Å². The lowest BCUT2D eigenvalue weighted by atomic mass is 10.3. The number of rotatable bonds is 6. The van der Waals surface area contributed by atoms with Crippen LogP contribution in [0.4, 0.5) is 0 Å². The number of halogens is 1. The second-order valence-corrected chi connectivity index (χ2v) is 6.67. The molecule has 0 saturated heterocycles. The summed E-state index contributed by atoms with van der Waals surface area (Å²) in [6.45, 7) is 3.53. The van der Waals surface area contributed by atoms with Gasteiger partial charge in [0.05, 0.1) is 10.4 Å². The Bertz CT molecular complexity index is 357. The summed E-state index contributed by atoms with van der Waals surface area (Å²) in [4.78, 5) is 1.34.